The molecule has 0 atom stereocenters. The van der Waals surface area contributed by atoms with Crippen LogP contribution in [0, 0.1) is 18.6 Å². The van der Waals surface area contributed by atoms with Crippen LogP contribution in [0.15, 0.2) is 30.3 Å². The molecule has 0 aliphatic carbocycles. The van der Waals surface area contributed by atoms with Gasteiger partial charge in [0, 0.05) is 10.9 Å². The molecule has 3 N–H and O–H groups in total. The van der Waals surface area contributed by atoms with E-state index in [1.165, 1.54) is 12.1 Å². The van der Waals surface area contributed by atoms with E-state index in [0.29, 0.717) is 16.8 Å². The molecule has 0 fully saturated rings. The van der Waals surface area contributed by atoms with E-state index in [9.17, 15) is 8.78 Å². The number of nitrogens with one attached hydrogen (secondary N) is 1. The number of H-pyrrole nitrogens is 1. The fourth-order valence-electron chi connectivity index (χ4n) is 2.09. The van der Waals surface area contributed by atoms with Gasteiger partial charge in [-0.05, 0) is 36.8 Å². The number of aromatic nitrogens is 2. The maximum Gasteiger partial charge on any atom is 0.153 e. The van der Waals surface area contributed by atoms with Crippen molar-refractivity contribution >= 4 is 17.2 Å². The van der Waals surface area contributed by atoms with Crippen molar-refractivity contribution in [3.8, 4) is 21.7 Å². The summed E-state index contributed by atoms with van der Waals surface area (Å²) in [5.74, 6) is -1.07. The Hall–Kier alpha value is -2.21. The van der Waals surface area contributed by atoms with Crippen molar-refractivity contribution in [1.82, 2.24) is 10.2 Å². The number of aryl methyl sites for hydroxylation is 1. The van der Waals surface area contributed by atoms with Crippen LogP contribution >= 0.6 is 11.3 Å². The van der Waals surface area contributed by atoms with Crippen molar-refractivity contribution in [2.24, 2.45) is 0 Å². The summed E-state index contributed by atoms with van der Waals surface area (Å²) in [5, 5.41) is 6.78. The lowest BCUT2D eigenvalue weighted by atomic mass is 10.0. The molecule has 0 radical (unpaired) electrons. The van der Waals surface area contributed by atoms with E-state index < -0.39 is 11.6 Å². The minimum absolute atomic E-state index is 0.219. The van der Waals surface area contributed by atoms with Crippen LogP contribution < -0.4 is 5.73 Å². The number of aromatic amines is 1. The number of hydrogen-bond acceptors (Lipinski definition) is 3. The van der Waals surface area contributed by atoms with Crippen LogP contribution in [0.1, 0.15) is 4.88 Å². The van der Waals surface area contributed by atoms with Crippen molar-refractivity contribution in [2.75, 3.05) is 5.73 Å². The summed E-state index contributed by atoms with van der Waals surface area (Å²) in [4.78, 5) is 2.05. The Labute approximate surface area is 118 Å². The average Bonchev–Trinajstić information content (AvgIpc) is 2.94. The zero-order valence-corrected chi connectivity index (χ0v) is 11.4. The topological polar surface area (TPSA) is 54.7 Å². The molecule has 0 spiro atoms. The quantitative estimate of drug-likeness (QED) is 0.750. The fourth-order valence-corrected chi connectivity index (χ4v) is 2.96. The molecule has 102 valence electrons. The first-order valence-electron chi connectivity index (χ1n) is 5.91. The maximum atomic E-state index is 13.4. The summed E-state index contributed by atoms with van der Waals surface area (Å²) >= 11 is 1.56. The van der Waals surface area contributed by atoms with Crippen LogP contribution in [0.4, 0.5) is 14.6 Å². The van der Waals surface area contributed by atoms with Gasteiger partial charge >= 0.3 is 0 Å². The van der Waals surface area contributed by atoms with Crippen LogP contribution in [0.25, 0.3) is 21.7 Å². The van der Waals surface area contributed by atoms with Crippen LogP contribution in [0.2, 0.25) is 0 Å². The second-order valence-electron chi connectivity index (χ2n) is 4.43. The predicted molar refractivity (Wildman–Crippen MR) is 76.4 cm³/mol. The van der Waals surface area contributed by atoms with Crippen LogP contribution in [0.5, 0.6) is 0 Å². The second kappa shape index (κ2) is 4.72. The molecule has 0 saturated heterocycles. The SMILES string of the molecule is Cc1ccc(-c2[nH]nc(N)c2-c2cc(F)cc(F)c2)s1. The van der Waals surface area contributed by atoms with Crippen LogP contribution in [0.3, 0.4) is 0 Å². The monoisotopic (exact) mass is 291 g/mol. The van der Waals surface area contributed by atoms with Gasteiger partial charge in [-0.25, -0.2) is 8.78 Å². The lowest BCUT2D eigenvalue weighted by Gasteiger charge is -2.04. The molecular weight excluding hydrogens is 280 g/mol. The van der Waals surface area contributed by atoms with E-state index in [0.717, 1.165) is 15.8 Å². The van der Waals surface area contributed by atoms with Gasteiger partial charge in [-0.15, -0.1) is 11.3 Å². The number of hydrogen-bond donors (Lipinski definition) is 2. The summed E-state index contributed by atoms with van der Waals surface area (Å²) in [6.07, 6.45) is 0. The summed E-state index contributed by atoms with van der Waals surface area (Å²) in [5.41, 5.74) is 7.40. The third-order valence-corrected chi connectivity index (χ3v) is 3.95. The molecule has 0 unspecified atom stereocenters. The lowest BCUT2D eigenvalue weighted by molar-refractivity contribution is 0.584. The fraction of sp³-hybridized carbons (Fsp3) is 0.0714. The Balaban J connectivity index is 2.21. The molecule has 0 aliphatic heterocycles. The van der Waals surface area contributed by atoms with Crippen molar-refractivity contribution in [3.63, 3.8) is 0 Å². The van der Waals surface area contributed by atoms with E-state index in [-0.39, 0.29) is 5.82 Å². The maximum absolute atomic E-state index is 13.4. The smallest absolute Gasteiger partial charge is 0.153 e. The lowest BCUT2D eigenvalue weighted by Crippen LogP contribution is -1.90. The molecule has 2 aromatic heterocycles. The van der Waals surface area contributed by atoms with Crippen molar-refractivity contribution in [2.45, 2.75) is 6.92 Å². The first-order valence-corrected chi connectivity index (χ1v) is 6.73. The minimum Gasteiger partial charge on any atom is -0.382 e. The van der Waals surface area contributed by atoms with Crippen molar-refractivity contribution in [1.29, 1.82) is 0 Å². The molecule has 1 aromatic carbocycles. The van der Waals surface area contributed by atoms with E-state index in [1.54, 1.807) is 11.3 Å². The summed E-state index contributed by atoms with van der Waals surface area (Å²) in [7, 11) is 0. The van der Waals surface area contributed by atoms with Crippen molar-refractivity contribution < 1.29 is 8.78 Å². The molecule has 2 heterocycles. The molecule has 6 heteroatoms. The number of nitrogens with zero attached hydrogens (tertiary/aromatic N) is 1. The van der Waals surface area contributed by atoms with Gasteiger partial charge in [-0.3, -0.25) is 5.10 Å². The van der Waals surface area contributed by atoms with E-state index in [2.05, 4.69) is 10.2 Å². The van der Waals surface area contributed by atoms with Gasteiger partial charge in [0.1, 0.15) is 11.6 Å². The zero-order chi connectivity index (χ0) is 14.3. The van der Waals surface area contributed by atoms with Gasteiger partial charge in [0.05, 0.1) is 16.1 Å². The molecule has 0 aliphatic rings. The number of anilines is 1. The largest absolute Gasteiger partial charge is 0.382 e. The Morgan fingerprint density at radius 2 is 1.85 bits per heavy atom. The first-order chi connectivity index (χ1) is 9.54. The third-order valence-electron chi connectivity index (χ3n) is 2.93. The molecule has 3 rings (SSSR count). The second-order valence-corrected chi connectivity index (χ2v) is 5.72. The number of rotatable bonds is 2. The van der Waals surface area contributed by atoms with Gasteiger partial charge in [-0.2, -0.15) is 5.10 Å². The molecule has 0 saturated carbocycles. The Morgan fingerprint density at radius 1 is 1.15 bits per heavy atom. The van der Waals surface area contributed by atoms with Crippen molar-refractivity contribution in [3.05, 3.63) is 46.8 Å². The van der Waals surface area contributed by atoms with Crippen LogP contribution in [-0.2, 0) is 0 Å². The number of halogens is 2. The highest BCUT2D eigenvalue weighted by Gasteiger charge is 2.17. The summed E-state index contributed by atoms with van der Waals surface area (Å²) in [6, 6.07) is 7.20. The summed E-state index contributed by atoms with van der Waals surface area (Å²) < 4.78 is 26.8. The first kappa shape index (κ1) is 12.8. The van der Waals surface area contributed by atoms with E-state index in [1.807, 2.05) is 19.1 Å². The molecule has 3 nitrogen and oxygen atoms in total. The van der Waals surface area contributed by atoms with Gasteiger partial charge in [-0.1, -0.05) is 0 Å². The Morgan fingerprint density at radius 3 is 2.45 bits per heavy atom. The number of thiophene rings is 1. The highest BCUT2D eigenvalue weighted by atomic mass is 32.1. The molecule has 0 bridgehead atoms. The normalized spacial score (nSPS) is 10.9. The minimum atomic E-state index is -0.645. The van der Waals surface area contributed by atoms with Crippen LogP contribution in [-0.4, -0.2) is 10.2 Å². The van der Waals surface area contributed by atoms with E-state index >= 15 is 0 Å². The van der Waals surface area contributed by atoms with Gasteiger partial charge in [0.25, 0.3) is 0 Å². The highest BCUT2D eigenvalue weighted by molar-refractivity contribution is 7.15. The number of nitrogen functional groups attached to an aromatic ring is 1. The van der Waals surface area contributed by atoms with Gasteiger partial charge in [0.15, 0.2) is 5.82 Å². The standard InChI is InChI=1S/C14H11F2N3S/c1-7-2-3-11(20-7)13-12(14(17)19-18-13)8-4-9(15)6-10(16)5-8/h2-6H,1H3,(H3,17,18,19). The number of nitrogens with two attached hydrogens (primary N) is 1. The Bertz CT molecular complexity index is 756. The molecule has 20 heavy (non-hydrogen) atoms. The summed E-state index contributed by atoms with van der Waals surface area (Å²) in [6.45, 7) is 1.98. The zero-order valence-electron chi connectivity index (χ0n) is 10.6. The van der Waals surface area contributed by atoms with E-state index in [4.69, 9.17) is 5.73 Å². The molecular formula is C14H11F2N3S. The van der Waals surface area contributed by atoms with Gasteiger partial charge < -0.3 is 5.73 Å². The molecule has 3 aromatic rings. The Kier molecular flexibility index (Phi) is 3.02. The van der Waals surface area contributed by atoms with Gasteiger partial charge in [0.2, 0.25) is 0 Å². The number of benzene rings is 1. The molecule has 0 amide bonds. The highest BCUT2D eigenvalue weighted by Crippen LogP contribution is 2.38. The third kappa shape index (κ3) is 2.18. The average molecular weight is 291 g/mol. The predicted octanol–water partition coefficient (Wildman–Crippen LogP) is 3.97.